The molecule has 0 aromatic heterocycles. The molecule has 2 heterocycles. The van der Waals surface area contributed by atoms with E-state index in [4.69, 9.17) is 9.47 Å². The van der Waals surface area contributed by atoms with E-state index in [1.165, 1.54) is 0 Å². The summed E-state index contributed by atoms with van der Waals surface area (Å²) in [5.41, 5.74) is 1.88. The predicted molar refractivity (Wildman–Crippen MR) is 104 cm³/mol. The fourth-order valence-corrected chi connectivity index (χ4v) is 3.54. The van der Waals surface area contributed by atoms with Gasteiger partial charge in [-0.3, -0.25) is 14.9 Å². The molecule has 2 aliphatic rings. The Kier molecular flexibility index (Phi) is 5.03. The summed E-state index contributed by atoms with van der Waals surface area (Å²) in [6, 6.07) is 14.9. The second kappa shape index (κ2) is 7.77. The lowest BCUT2D eigenvalue weighted by molar-refractivity contribution is -0.115. The second-order valence-corrected chi connectivity index (χ2v) is 7.33. The fourth-order valence-electron chi connectivity index (χ4n) is 2.85. The molecule has 2 N–H and O–H groups in total. The lowest BCUT2D eigenvalue weighted by atomic mass is 10.1. The first-order valence-electron chi connectivity index (χ1n) is 8.60. The quantitative estimate of drug-likeness (QED) is 0.752. The van der Waals surface area contributed by atoms with Crippen molar-refractivity contribution in [1.29, 1.82) is 0 Å². The number of amides is 3. The predicted octanol–water partition coefficient (Wildman–Crippen LogP) is 3.45. The number of nitrogens with one attached hydrogen (secondary N) is 2. The number of thioether (sulfide) groups is 1. The van der Waals surface area contributed by atoms with Crippen LogP contribution in [0, 0.1) is 0 Å². The number of cyclic esters (lactones) is 1. The molecule has 7 nitrogen and oxygen atoms in total. The van der Waals surface area contributed by atoms with Gasteiger partial charge in [-0.25, -0.2) is 4.79 Å². The number of alkyl carbamates (subject to hydrolysis) is 1. The number of hydrogen-bond donors (Lipinski definition) is 2. The Labute approximate surface area is 165 Å². The van der Waals surface area contributed by atoms with Crippen molar-refractivity contribution >= 4 is 35.1 Å². The maximum absolute atomic E-state index is 11.6. The first kappa shape index (κ1) is 18.1. The highest BCUT2D eigenvalue weighted by molar-refractivity contribution is 8.18. The van der Waals surface area contributed by atoms with Gasteiger partial charge in [-0.1, -0.05) is 24.3 Å². The third-order valence-electron chi connectivity index (χ3n) is 4.20. The minimum Gasteiger partial charge on any atom is -0.457 e. The summed E-state index contributed by atoms with van der Waals surface area (Å²) in [6.45, 7) is 0.383. The summed E-state index contributed by atoms with van der Waals surface area (Å²) in [7, 11) is 0. The normalized spacial score (nSPS) is 20.1. The van der Waals surface area contributed by atoms with E-state index in [0.29, 0.717) is 29.4 Å². The highest BCUT2D eigenvalue weighted by Gasteiger charge is 2.25. The molecule has 142 valence electrons. The molecule has 2 aromatic rings. The molecular weight excluding hydrogens is 380 g/mol. The minimum atomic E-state index is -0.376. The number of rotatable bonds is 5. The van der Waals surface area contributed by atoms with Crippen LogP contribution in [-0.2, 0) is 16.0 Å². The van der Waals surface area contributed by atoms with E-state index in [-0.39, 0.29) is 23.3 Å². The summed E-state index contributed by atoms with van der Waals surface area (Å²) in [6.07, 6.45) is 1.99. The van der Waals surface area contributed by atoms with E-state index in [9.17, 15) is 14.4 Å². The average molecular weight is 396 g/mol. The van der Waals surface area contributed by atoms with Gasteiger partial charge in [0.1, 0.15) is 18.1 Å². The van der Waals surface area contributed by atoms with E-state index in [2.05, 4.69) is 10.6 Å². The first-order chi connectivity index (χ1) is 13.5. The van der Waals surface area contributed by atoms with Crippen LogP contribution in [0.25, 0.3) is 6.08 Å². The Morgan fingerprint density at radius 3 is 2.29 bits per heavy atom. The number of hydrogen-bond acceptors (Lipinski definition) is 6. The number of carbonyl (C=O) groups is 3. The molecule has 4 rings (SSSR count). The SMILES string of the molecule is O=C1NC(Cc2ccc(Oc3ccc(/C=C4/SC(=O)NC4=O)cc3)cc2)CO1. The van der Waals surface area contributed by atoms with E-state index in [1.54, 1.807) is 18.2 Å². The van der Waals surface area contributed by atoms with E-state index in [0.717, 1.165) is 22.9 Å². The maximum atomic E-state index is 11.6. The molecule has 0 spiro atoms. The van der Waals surface area contributed by atoms with Gasteiger partial charge in [0, 0.05) is 0 Å². The second-order valence-electron chi connectivity index (χ2n) is 6.31. The van der Waals surface area contributed by atoms with Gasteiger partial charge in [0.25, 0.3) is 11.1 Å². The zero-order valence-electron chi connectivity index (χ0n) is 14.6. The molecule has 2 aromatic carbocycles. The van der Waals surface area contributed by atoms with Crippen molar-refractivity contribution in [2.24, 2.45) is 0 Å². The van der Waals surface area contributed by atoms with Crippen LogP contribution >= 0.6 is 11.8 Å². The van der Waals surface area contributed by atoms with Crippen molar-refractivity contribution in [2.45, 2.75) is 12.5 Å². The van der Waals surface area contributed by atoms with Gasteiger partial charge in [-0.2, -0.15) is 0 Å². The number of ether oxygens (including phenoxy) is 2. The van der Waals surface area contributed by atoms with Crippen molar-refractivity contribution in [3.8, 4) is 11.5 Å². The molecule has 1 atom stereocenters. The molecule has 2 fully saturated rings. The van der Waals surface area contributed by atoms with Crippen molar-refractivity contribution < 1.29 is 23.9 Å². The average Bonchev–Trinajstić information content (AvgIpc) is 3.22. The van der Waals surface area contributed by atoms with Crippen molar-refractivity contribution in [2.75, 3.05) is 6.61 Å². The first-order valence-corrected chi connectivity index (χ1v) is 9.42. The Bertz CT molecular complexity index is 954. The summed E-state index contributed by atoms with van der Waals surface area (Å²) < 4.78 is 10.7. The Morgan fingerprint density at radius 2 is 1.71 bits per heavy atom. The van der Waals surface area contributed by atoms with Gasteiger partial charge in [-0.05, 0) is 59.7 Å². The molecule has 8 heteroatoms. The van der Waals surface area contributed by atoms with Crippen molar-refractivity contribution in [3.63, 3.8) is 0 Å². The van der Waals surface area contributed by atoms with Crippen LogP contribution in [0.4, 0.5) is 9.59 Å². The van der Waals surface area contributed by atoms with Crippen LogP contribution in [0.3, 0.4) is 0 Å². The molecule has 0 bridgehead atoms. The zero-order valence-corrected chi connectivity index (χ0v) is 15.5. The van der Waals surface area contributed by atoms with Crippen LogP contribution in [-0.4, -0.2) is 29.9 Å². The van der Waals surface area contributed by atoms with Crippen LogP contribution in [0.2, 0.25) is 0 Å². The molecule has 3 amide bonds. The van der Waals surface area contributed by atoms with Gasteiger partial charge in [0.15, 0.2) is 0 Å². The van der Waals surface area contributed by atoms with E-state index in [1.807, 2.05) is 36.4 Å². The van der Waals surface area contributed by atoms with Crippen LogP contribution in [0.5, 0.6) is 11.5 Å². The maximum Gasteiger partial charge on any atom is 0.407 e. The van der Waals surface area contributed by atoms with Crippen molar-refractivity contribution in [3.05, 3.63) is 64.6 Å². The lowest BCUT2D eigenvalue weighted by Gasteiger charge is -2.09. The monoisotopic (exact) mass is 396 g/mol. The standard InChI is InChI=1S/C20H16N2O5S/c23-18-17(28-20(25)22-18)10-13-3-7-16(8-4-13)27-15-5-1-12(2-6-15)9-14-11-26-19(24)21-14/h1-8,10,14H,9,11H2,(H,21,24)(H,22,23,25)/b17-10+. The van der Waals surface area contributed by atoms with Gasteiger partial charge in [-0.15, -0.1) is 0 Å². The largest absolute Gasteiger partial charge is 0.457 e. The summed E-state index contributed by atoms with van der Waals surface area (Å²) in [4.78, 5) is 34.2. The minimum absolute atomic E-state index is 0.00339. The van der Waals surface area contributed by atoms with E-state index < -0.39 is 0 Å². The number of carbonyl (C=O) groups excluding carboxylic acids is 3. The molecular formula is C20H16N2O5S. The van der Waals surface area contributed by atoms with Crippen LogP contribution < -0.4 is 15.4 Å². The molecule has 0 radical (unpaired) electrons. The van der Waals surface area contributed by atoms with Gasteiger partial charge < -0.3 is 14.8 Å². The van der Waals surface area contributed by atoms with Crippen LogP contribution in [0.1, 0.15) is 11.1 Å². The molecule has 0 aliphatic carbocycles. The van der Waals surface area contributed by atoms with Gasteiger partial charge >= 0.3 is 6.09 Å². The zero-order chi connectivity index (χ0) is 19.5. The number of imide groups is 1. The summed E-state index contributed by atoms with van der Waals surface area (Å²) >= 11 is 0.887. The lowest BCUT2D eigenvalue weighted by Crippen LogP contribution is -2.28. The Hall–Kier alpha value is -3.26. The van der Waals surface area contributed by atoms with E-state index >= 15 is 0 Å². The Balaban J connectivity index is 1.36. The Morgan fingerprint density at radius 1 is 1.04 bits per heavy atom. The molecule has 1 unspecified atom stereocenters. The third-order valence-corrected chi connectivity index (χ3v) is 5.01. The molecule has 2 aliphatic heterocycles. The highest BCUT2D eigenvalue weighted by Crippen LogP contribution is 2.27. The van der Waals surface area contributed by atoms with Crippen LogP contribution in [0.15, 0.2) is 53.4 Å². The molecule has 2 saturated heterocycles. The van der Waals surface area contributed by atoms with Gasteiger partial charge in [0.2, 0.25) is 0 Å². The molecule has 0 saturated carbocycles. The third kappa shape index (κ3) is 4.34. The smallest absolute Gasteiger partial charge is 0.407 e. The van der Waals surface area contributed by atoms with Gasteiger partial charge in [0.05, 0.1) is 10.9 Å². The summed E-state index contributed by atoms with van der Waals surface area (Å²) in [5, 5.41) is 4.62. The molecule has 28 heavy (non-hydrogen) atoms. The van der Waals surface area contributed by atoms with Crippen molar-refractivity contribution in [1.82, 2.24) is 10.6 Å². The number of benzene rings is 2. The topological polar surface area (TPSA) is 93.7 Å². The summed E-state index contributed by atoms with van der Waals surface area (Å²) in [5.74, 6) is 0.975. The fraction of sp³-hybridized carbons (Fsp3) is 0.150. The highest BCUT2D eigenvalue weighted by atomic mass is 32.2.